The van der Waals surface area contributed by atoms with Crippen LogP contribution in [0.15, 0.2) is 29.0 Å². The van der Waals surface area contributed by atoms with Crippen molar-refractivity contribution in [1.29, 1.82) is 0 Å². The maximum Gasteiger partial charge on any atom is 0.231 e. The average molecular weight is 324 g/mol. The highest BCUT2D eigenvalue weighted by Gasteiger charge is 2.18. The number of imidazole rings is 1. The first kappa shape index (κ1) is 12.5. The number of hydrogen-bond donors (Lipinski definition) is 2. The van der Waals surface area contributed by atoms with Crippen LogP contribution < -0.4 is 14.8 Å². The van der Waals surface area contributed by atoms with E-state index < -0.39 is 0 Å². The molecule has 3 rings (SSSR count). The quantitative estimate of drug-likeness (QED) is 0.908. The Labute approximate surface area is 119 Å². The first-order chi connectivity index (χ1) is 9.24. The minimum Gasteiger partial charge on any atom is -0.454 e. The highest BCUT2D eigenvalue weighted by Crippen LogP contribution is 2.39. The first-order valence-corrected chi connectivity index (χ1v) is 6.84. The molecule has 1 aromatic heterocycles. The van der Waals surface area contributed by atoms with Gasteiger partial charge < -0.3 is 19.8 Å². The van der Waals surface area contributed by atoms with Crippen LogP contribution in [0.1, 0.15) is 24.4 Å². The van der Waals surface area contributed by atoms with E-state index in [9.17, 15) is 0 Å². The number of fused-ring (bicyclic) bond motifs is 1. The van der Waals surface area contributed by atoms with E-state index in [2.05, 4.69) is 38.1 Å². The fourth-order valence-corrected chi connectivity index (χ4v) is 2.61. The minimum atomic E-state index is 0.166. The third-order valence-electron chi connectivity index (χ3n) is 3.03. The number of aromatic nitrogens is 2. The SMILES string of the molecule is CC(NCc1cc(Br)c2c(c1)OCO2)c1ncc[nH]1. The summed E-state index contributed by atoms with van der Waals surface area (Å²) in [4.78, 5) is 7.33. The summed E-state index contributed by atoms with van der Waals surface area (Å²) >= 11 is 3.49. The zero-order chi connectivity index (χ0) is 13.2. The number of halogens is 1. The van der Waals surface area contributed by atoms with Crippen molar-refractivity contribution < 1.29 is 9.47 Å². The summed E-state index contributed by atoms with van der Waals surface area (Å²) in [5.74, 6) is 2.50. The van der Waals surface area contributed by atoms with Gasteiger partial charge in [-0.15, -0.1) is 0 Å². The van der Waals surface area contributed by atoms with Gasteiger partial charge in [-0.2, -0.15) is 0 Å². The number of hydrogen-bond acceptors (Lipinski definition) is 4. The molecule has 1 atom stereocenters. The van der Waals surface area contributed by atoms with Crippen molar-refractivity contribution in [2.75, 3.05) is 6.79 Å². The van der Waals surface area contributed by atoms with Gasteiger partial charge in [-0.25, -0.2) is 4.98 Å². The van der Waals surface area contributed by atoms with Crippen molar-refractivity contribution in [2.45, 2.75) is 19.5 Å². The Hall–Kier alpha value is -1.53. The van der Waals surface area contributed by atoms with Crippen LogP contribution in [-0.2, 0) is 6.54 Å². The van der Waals surface area contributed by atoms with E-state index in [1.54, 1.807) is 6.20 Å². The summed E-state index contributed by atoms with van der Waals surface area (Å²) in [6, 6.07) is 4.20. The van der Waals surface area contributed by atoms with Crippen LogP contribution in [-0.4, -0.2) is 16.8 Å². The van der Waals surface area contributed by atoms with E-state index >= 15 is 0 Å². The molecular formula is C13H14BrN3O2. The Balaban J connectivity index is 1.69. The molecule has 5 nitrogen and oxygen atoms in total. The molecule has 1 aliphatic rings. The maximum absolute atomic E-state index is 5.40. The standard InChI is InChI=1S/C13H14BrN3O2/c1-8(13-15-2-3-16-13)17-6-9-4-10(14)12-11(5-9)18-7-19-12/h2-5,8,17H,6-7H2,1H3,(H,15,16). The van der Waals surface area contributed by atoms with Gasteiger partial charge in [0.15, 0.2) is 11.5 Å². The average Bonchev–Trinajstić information content (AvgIpc) is 3.06. The topological polar surface area (TPSA) is 59.2 Å². The van der Waals surface area contributed by atoms with Crippen molar-refractivity contribution in [3.63, 3.8) is 0 Å². The molecule has 0 saturated heterocycles. The van der Waals surface area contributed by atoms with Gasteiger partial charge in [-0.05, 0) is 40.5 Å². The molecule has 2 heterocycles. The second kappa shape index (κ2) is 5.22. The van der Waals surface area contributed by atoms with Gasteiger partial charge in [0.2, 0.25) is 6.79 Å². The van der Waals surface area contributed by atoms with Gasteiger partial charge in [-0.3, -0.25) is 0 Å². The molecule has 1 unspecified atom stereocenters. The zero-order valence-electron chi connectivity index (χ0n) is 10.4. The molecule has 0 radical (unpaired) electrons. The van der Waals surface area contributed by atoms with Gasteiger partial charge in [0.05, 0.1) is 10.5 Å². The third kappa shape index (κ3) is 2.59. The minimum absolute atomic E-state index is 0.166. The highest BCUT2D eigenvalue weighted by atomic mass is 79.9. The summed E-state index contributed by atoms with van der Waals surface area (Å²) < 4.78 is 11.7. The molecule has 0 bridgehead atoms. The summed E-state index contributed by atoms with van der Waals surface area (Å²) in [7, 11) is 0. The Bertz CT molecular complexity index is 572. The van der Waals surface area contributed by atoms with Gasteiger partial charge in [-0.1, -0.05) is 0 Å². The highest BCUT2D eigenvalue weighted by molar-refractivity contribution is 9.10. The van der Waals surface area contributed by atoms with Gasteiger partial charge in [0.25, 0.3) is 0 Å². The van der Waals surface area contributed by atoms with Crippen LogP contribution >= 0.6 is 15.9 Å². The Kier molecular flexibility index (Phi) is 3.44. The summed E-state index contributed by atoms with van der Waals surface area (Å²) in [5.41, 5.74) is 1.13. The predicted octanol–water partition coefficient (Wildman–Crippen LogP) is 2.75. The second-order valence-corrected chi connectivity index (χ2v) is 5.24. The predicted molar refractivity (Wildman–Crippen MR) is 74.1 cm³/mol. The smallest absolute Gasteiger partial charge is 0.231 e. The normalized spacial score (nSPS) is 14.6. The number of ether oxygens (including phenoxy) is 2. The number of benzene rings is 1. The van der Waals surface area contributed by atoms with Crippen LogP contribution in [0.4, 0.5) is 0 Å². The molecule has 0 fully saturated rings. The van der Waals surface area contributed by atoms with Crippen LogP contribution in [0.3, 0.4) is 0 Å². The fraction of sp³-hybridized carbons (Fsp3) is 0.308. The van der Waals surface area contributed by atoms with Crippen LogP contribution in [0.25, 0.3) is 0 Å². The van der Waals surface area contributed by atoms with Crippen LogP contribution in [0.5, 0.6) is 11.5 Å². The maximum atomic E-state index is 5.40. The zero-order valence-corrected chi connectivity index (χ0v) is 12.0. The second-order valence-electron chi connectivity index (χ2n) is 4.39. The number of aromatic amines is 1. The van der Waals surface area contributed by atoms with E-state index in [0.717, 1.165) is 33.9 Å². The van der Waals surface area contributed by atoms with Gasteiger partial charge in [0, 0.05) is 18.9 Å². The first-order valence-electron chi connectivity index (χ1n) is 6.04. The molecule has 0 spiro atoms. The molecule has 100 valence electrons. The number of H-pyrrole nitrogens is 1. The van der Waals surface area contributed by atoms with E-state index in [1.807, 2.05) is 18.3 Å². The van der Waals surface area contributed by atoms with E-state index in [0.29, 0.717) is 0 Å². The molecule has 0 saturated carbocycles. The summed E-state index contributed by atoms with van der Waals surface area (Å²) in [6.45, 7) is 3.09. The largest absolute Gasteiger partial charge is 0.454 e. The monoisotopic (exact) mass is 323 g/mol. The molecule has 2 N–H and O–H groups in total. The summed E-state index contributed by atoms with van der Waals surface area (Å²) in [6.07, 6.45) is 3.58. The summed E-state index contributed by atoms with van der Waals surface area (Å²) in [5, 5.41) is 3.41. The molecule has 1 aromatic carbocycles. The fourth-order valence-electron chi connectivity index (χ4n) is 2.00. The molecule has 6 heteroatoms. The van der Waals surface area contributed by atoms with Crippen molar-refractivity contribution >= 4 is 15.9 Å². The van der Waals surface area contributed by atoms with Crippen molar-refractivity contribution in [3.8, 4) is 11.5 Å². The lowest BCUT2D eigenvalue weighted by Crippen LogP contribution is -2.19. The van der Waals surface area contributed by atoms with Crippen LogP contribution in [0, 0.1) is 0 Å². The van der Waals surface area contributed by atoms with E-state index in [1.165, 1.54) is 0 Å². The van der Waals surface area contributed by atoms with E-state index in [4.69, 9.17) is 9.47 Å². The number of nitrogens with one attached hydrogen (secondary N) is 2. The third-order valence-corrected chi connectivity index (χ3v) is 3.62. The Morgan fingerprint density at radius 2 is 2.37 bits per heavy atom. The molecule has 19 heavy (non-hydrogen) atoms. The lowest BCUT2D eigenvalue weighted by molar-refractivity contribution is 0.173. The van der Waals surface area contributed by atoms with Crippen molar-refractivity contribution in [1.82, 2.24) is 15.3 Å². The van der Waals surface area contributed by atoms with Gasteiger partial charge in [0.1, 0.15) is 5.82 Å². The van der Waals surface area contributed by atoms with E-state index in [-0.39, 0.29) is 12.8 Å². The van der Waals surface area contributed by atoms with Crippen LogP contribution in [0.2, 0.25) is 0 Å². The number of rotatable bonds is 4. The molecule has 2 aromatic rings. The molecule has 1 aliphatic heterocycles. The lowest BCUT2D eigenvalue weighted by atomic mass is 10.2. The lowest BCUT2D eigenvalue weighted by Gasteiger charge is -2.12. The molecular weight excluding hydrogens is 310 g/mol. The van der Waals surface area contributed by atoms with Crippen molar-refractivity contribution in [2.24, 2.45) is 0 Å². The Morgan fingerprint density at radius 3 is 3.16 bits per heavy atom. The van der Waals surface area contributed by atoms with Crippen molar-refractivity contribution in [3.05, 3.63) is 40.4 Å². The molecule has 0 aliphatic carbocycles. The number of nitrogens with zero attached hydrogens (tertiary/aromatic N) is 1. The van der Waals surface area contributed by atoms with Gasteiger partial charge >= 0.3 is 0 Å². The molecule has 0 amide bonds. The Morgan fingerprint density at radius 1 is 1.47 bits per heavy atom.